The van der Waals surface area contributed by atoms with E-state index in [1.807, 2.05) is 121 Å². The van der Waals surface area contributed by atoms with Gasteiger partial charge >= 0.3 is 43.4 Å². The first-order valence-corrected chi connectivity index (χ1v) is 29.9. The summed E-state index contributed by atoms with van der Waals surface area (Å²) in [6, 6.07) is 63.4. The van der Waals surface area contributed by atoms with Crippen LogP contribution in [0.4, 0.5) is 0 Å². The Bertz CT molecular complexity index is 5730. The van der Waals surface area contributed by atoms with Gasteiger partial charge in [-0.1, -0.05) is 24.3 Å². The van der Waals surface area contributed by atoms with Crippen LogP contribution in [0.1, 0.15) is 41.4 Å². The fraction of sp³-hybridized carbons (Fsp3) is 0. The molecule has 20 nitrogen and oxygen atoms in total. The van der Waals surface area contributed by atoms with Gasteiger partial charge in [0, 0.05) is 43.8 Å². The molecule has 0 fully saturated rings. The third-order valence-electron chi connectivity index (χ3n) is 16.9. The molecule has 0 spiro atoms. The molecule has 0 atom stereocenters. The molecule has 458 valence electrons. The number of hydrogen-bond acceptors (Lipinski definition) is 14. The SMILES string of the molecule is O=C(O)c1ccc(Oc2ccc3cc4c(cc3c2)-c2nc-4nc3[nH]c(nc4nc(nc5[nH]c(n2)c2cc6ccc(Oc7ccc(C(=O)O)cc7)cc6cc52)-c2cc5ccc(Oc6ccc(C(=O)O)cc6)cc5cc2-4)c2cc4ccc(Oc5ccc(C(=O)O)cc5)cc4cc32)cc1.[Zn+2]. The molecule has 6 N–H and O–H groups in total. The quantitative estimate of drug-likeness (QED) is 0.0620. The molecule has 3 aromatic heterocycles. The van der Waals surface area contributed by atoms with Gasteiger partial charge in [0.1, 0.15) is 68.6 Å². The summed E-state index contributed by atoms with van der Waals surface area (Å²) in [5.74, 6) is 0.986. The summed E-state index contributed by atoms with van der Waals surface area (Å²) in [6.45, 7) is 0. The molecule has 0 amide bonds. The second-order valence-corrected chi connectivity index (χ2v) is 23.0. The van der Waals surface area contributed by atoms with Crippen molar-refractivity contribution >= 4 is 111 Å². The third kappa shape index (κ3) is 10.9. The normalized spacial score (nSPS) is 11.5. The van der Waals surface area contributed by atoms with Crippen LogP contribution in [0.25, 0.3) is 133 Å². The monoisotopic (exact) mass is 1320 g/mol. The number of nitrogens with zero attached hydrogens (tertiary/aromatic N) is 6. The van der Waals surface area contributed by atoms with Crippen LogP contribution in [0.5, 0.6) is 46.0 Å². The zero-order valence-corrected chi connectivity index (χ0v) is 53.2. The maximum Gasteiger partial charge on any atom is 2.00 e. The predicted molar refractivity (Wildman–Crippen MR) is 360 cm³/mol. The largest absolute Gasteiger partial charge is 2.00 e. The molecule has 2 aliphatic rings. The van der Waals surface area contributed by atoms with Crippen LogP contribution in [0.2, 0.25) is 0 Å². The van der Waals surface area contributed by atoms with Gasteiger partial charge in [-0.05, 0) is 237 Å². The van der Waals surface area contributed by atoms with Crippen LogP contribution in [0, 0.1) is 0 Å². The number of nitrogens with one attached hydrogen (secondary N) is 2. The Morgan fingerprint density at radius 3 is 0.701 bits per heavy atom. The third-order valence-corrected chi connectivity index (χ3v) is 16.9. The number of ether oxygens (including phenoxy) is 4. The standard InChI is InChI=1S/C76H42N8O12.Zn/c85-73(86)37-1-13-49(14-2-37)93-53-21-9-41-29-57-61(33-45(41)25-53)69-77-65(57)82-70-63-35-47-27-55(95-51-17-5-39(6-18-51)75(89)90)23-11-43(47)31-59(63)67(79-70)84-72-64-36-48-28-56(96-52-19-7-40(8-20-52)76(91)92)24-12-44(48)32-60(64)68(80-72)83-71-62-34-46-26-54(94-50-15-3-38(4-16-50)74(87)88)22-10-42(46)30-58(62)66(78-71)81-69;/h1-36H,(H,85,86)(H,87,88)(H,89,90)(H,91,92)(H2,77,78,79,80,81,82,83,84);/q;+2. The summed E-state index contributed by atoms with van der Waals surface area (Å²) in [4.78, 5) is 85.9. The Morgan fingerprint density at radius 2 is 0.454 bits per heavy atom. The molecular formula is C76H42N8O12Zn+2. The summed E-state index contributed by atoms with van der Waals surface area (Å²) in [7, 11) is 0. The smallest absolute Gasteiger partial charge is 0.478 e. The molecule has 8 bridgehead atoms. The second-order valence-electron chi connectivity index (χ2n) is 23.0. The van der Waals surface area contributed by atoms with Crippen molar-refractivity contribution in [2.75, 3.05) is 0 Å². The predicted octanol–water partition coefficient (Wildman–Crippen LogP) is 17.4. The number of H-pyrrole nitrogens is 2. The minimum Gasteiger partial charge on any atom is -0.478 e. The first kappa shape index (κ1) is 58.8. The van der Waals surface area contributed by atoms with Crippen LogP contribution in [0.3, 0.4) is 0 Å². The van der Waals surface area contributed by atoms with Crippen molar-refractivity contribution in [3.05, 3.63) is 241 Å². The average molecular weight is 1320 g/mol. The van der Waals surface area contributed by atoms with Crippen molar-refractivity contribution in [3.63, 3.8) is 0 Å². The molecule has 0 radical (unpaired) electrons. The van der Waals surface area contributed by atoms with Gasteiger partial charge in [0.05, 0.1) is 22.3 Å². The summed E-state index contributed by atoms with van der Waals surface area (Å²) in [5.41, 5.74) is 4.87. The Labute approximate surface area is 558 Å². The number of aromatic carboxylic acids is 4. The molecule has 2 aliphatic heterocycles. The molecule has 5 heterocycles. The fourth-order valence-electron chi connectivity index (χ4n) is 12.1. The minimum absolute atomic E-state index is 0. The second kappa shape index (κ2) is 23.1. The fourth-order valence-corrected chi connectivity index (χ4v) is 12.1. The van der Waals surface area contributed by atoms with Crippen LogP contribution in [-0.4, -0.2) is 84.2 Å². The van der Waals surface area contributed by atoms with E-state index < -0.39 is 23.9 Å². The van der Waals surface area contributed by atoms with E-state index in [9.17, 15) is 39.6 Å². The Morgan fingerprint density at radius 1 is 0.247 bits per heavy atom. The van der Waals surface area contributed by atoms with E-state index in [0.717, 1.165) is 43.1 Å². The molecule has 21 heteroatoms. The van der Waals surface area contributed by atoms with E-state index in [4.69, 9.17) is 48.9 Å². The molecule has 97 heavy (non-hydrogen) atoms. The van der Waals surface area contributed by atoms with Crippen molar-refractivity contribution < 1.29 is 78.0 Å². The van der Waals surface area contributed by atoms with Crippen LogP contribution in [-0.2, 0) is 19.5 Å². The molecule has 15 aromatic rings. The number of aromatic nitrogens is 8. The van der Waals surface area contributed by atoms with E-state index in [2.05, 4.69) is 9.97 Å². The Kier molecular flexibility index (Phi) is 14.0. The number of carboxylic acids is 4. The molecule has 0 saturated heterocycles. The van der Waals surface area contributed by atoms with Crippen molar-refractivity contribution in [1.82, 2.24) is 39.9 Å². The Hall–Kier alpha value is -13.3. The minimum atomic E-state index is -1.05. The number of rotatable bonds is 12. The molecule has 0 saturated carbocycles. The van der Waals surface area contributed by atoms with Gasteiger partial charge in [0.2, 0.25) is 0 Å². The maximum atomic E-state index is 11.7. The van der Waals surface area contributed by atoms with E-state index in [1.165, 1.54) is 48.5 Å². The van der Waals surface area contributed by atoms with Gasteiger partial charge in [-0.25, -0.2) is 49.1 Å². The van der Waals surface area contributed by atoms with Crippen molar-refractivity contribution in [1.29, 1.82) is 0 Å². The number of carboxylic acid groups (broad SMARTS) is 4. The molecule has 0 aliphatic carbocycles. The van der Waals surface area contributed by atoms with Gasteiger partial charge < -0.3 is 49.3 Å². The van der Waals surface area contributed by atoms with E-state index in [1.54, 1.807) is 48.5 Å². The first-order chi connectivity index (χ1) is 46.7. The number of benzene rings is 12. The van der Waals surface area contributed by atoms with Gasteiger partial charge in [-0.3, -0.25) is 0 Å². The van der Waals surface area contributed by atoms with E-state index in [-0.39, 0.29) is 41.7 Å². The number of aromatic amines is 2. The average Bonchev–Trinajstić information content (AvgIpc) is 1.60. The van der Waals surface area contributed by atoms with Gasteiger partial charge in [0.15, 0.2) is 23.3 Å². The van der Waals surface area contributed by atoms with E-state index in [0.29, 0.717) is 136 Å². The van der Waals surface area contributed by atoms with Crippen molar-refractivity contribution in [2.45, 2.75) is 0 Å². The van der Waals surface area contributed by atoms with Crippen LogP contribution >= 0.6 is 0 Å². The van der Waals surface area contributed by atoms with Crippen LogP contribution in [0.15, 0.2) is 218 Å². The number of fused-ring (bicyclic) bond motifs is 24. The summed E-state index contributed by atoms with van der Waals surface area (Å²) < 4.78 is 25.1. The number of hydrogen-bond donors (Lipinski definition) is 6. The molecule has 0 unspecified atom stereocenters. The molecule has 12 aromatic carbocycles. The summed E-state index contributed by atoms with van der Waals surface area (Å²) >= 11 is 0. The first-order valence-electron chi connectivity index (χ1n) is 29.9. The zero-order chi connectivity index (χ0) is 65.0. The van der Waals surface area contributed by atoms with Crippen LogP contribution < -0.4 is 18.9 Å². The zero-order valence-electron chi connectivity index (χ0n) is 50.2. The molecule has 17 rings (SSSR count). The van der Waals surface area contributed by atoms with Gasteiger partial charge in [-0.15, -0.1) is 0 Å². The Balaban J connectivity index is 0.00000738. The summed E-state index contributed by atoms with van der Waals surface area (Å²) in [6.07, 6.45) is 0. The maximum absolute atomic E-state index is 11.7. The van der Waals surface area contributed by atoms with Crippen molar-refractivity contribution in [2.24, 2.45) is 0 Å². The van der Waals surface area contributed by atoms with Gasteiger partial charge in [0.25, 0.3) is 0 Å². The summed E-state index contributed by atoms with van der Waals surface area (Å²) in [5, 5.41) is 47.5. The molecular weight excluding hydrogens is 1280 g/mol. The topological polar surface area (TPSA) is 295 Å². The van der Waals surface area contributed by atoms with Crippen molar-refractivity contribution in [3.8, 4) is 91.5 Å². The van der Waals surface area contributed by atoms with E-state index >= 15 is 0 Å². The van der Waals surface area contributed by atoms with Gasteiger partial charge in [-0.2, -0.15) is 0 Å². The number of carbonyl (C=O) groups is 4.